The van der Waals surface area contributed by atoms with Gasteiger partial charge in [-0.3, -0.25) is 10.1 Å². The van der Waals surface area contributed by atoms with E-state index in [9.17, 15) is 14.4 Å². The van der Waals surface area contributed by atoms with Gasteiger partial charge < -0.3 is 14.8 Å². The Kier molecular flexibility index (Phi) is 5.71. The molecule has 2 N–H and O–H groups in total. The van der Waals surface area contributed by atoms with Crippen LogP contribution in [0.25, 0.3) is 0 Å². The minimum atomic E-state index is -0.620. The fourth-order valence-corrected chi connectivity index (χ4v) is 5.96. The normalized spacial score (nSPS) is 28.7. The number of ether oxygens (including phenoxy) is 2. The van der Waals surface area contributed by atoms with Crippen LogP contribution in [0, 0.1) is 17.8 Å². The summed E-state index contributed by atoms with van der Waals surface area (Å²) in [5.74, 6) is 1.35. The first-order valence-electron chi connectivity index (χ1n) is 11.2. The number of esters is 1. The molecular weight excluding hydrogens is 396 g/mol. The zero-order valence-electron chi connectivity index (χ0n) is 18.5. The first-order valence-corrected chi connectivity index (χ1v) is 11.2. The summed E-state index contributed by atoms with van der Waals surface area (Å²) in [6.45, 7) is 5.02. The number of amides is 2. The second-order valence-electron chi connectivity index (χ2n) is 10.5. The third-order valence-corrected chi connectivity index (χ3v) is 6.52. The van der Waals surface area contributed by atoms with Crippen molar-refractivity contribution < 1.29 is 23.9 Å². The number of benzene rings is 1. The molecule has 2 amide bonds. The summed E-state index contributed by atoms with van der Waals surface area (Å²) >= 11 is 0. The van der Waals surface area contributed by atoms with Crippen LogP contribution in [-0.4, -0.2) is 35.7 Å². The first-order chi connectivity index (χ1) is 14.6. The van der Waals surface area contributed by atoms with Crippen molar-refractivity contribution in [1.82, 2.24) is 5.32 Å². The van der Waals surface area contributed by atoms with Gasteiger partial charge in [0.25, 0.3) is 5.91 Å². The van der Waals surface area contributed by atoms with Crippen molar-refractivity contribution in [3.8, 4) is 0 Å². The van der Waals surface area contributed by atoms with Crippen molar-refractivity contribution in [3.05, 3.63) is 29.8 Å². The molecule has 168 valence electrons. The molecule has 0 aliphatic heterocycles. The number of hydrogen-bond acceptors (Lipinski definition) is 5. The Labute approximate surface area is 183 Å². The highest BCUT2D eigenvalue weighted by Crippen LogP contribution is 2.55. The van der Waals surface area contributed by atoms with Gasteiger partial charge in [0.05, 0.1) is 5.56 Å². The van der Waals surface area contributed by atoms with Gasteiger partial charge in [0.1, 0.15) is 5.60 Å². The van der Waals surface area contributed by atoms with Crippen LogP contribution in [0.5, 0.6) is 0 Å². The summed E-state index contributed by atoms with van der Waals surface area (Å²) in [6.07, 6.45) is 6.46. The van der Waals surface area contributed by atoms with Gasteiger partial charge in [-0.1, -0.05) is 6.07 Å². The van der Waals surface area contributed by atoms with E-state index in [1.807, 2.05) is 0 Å². The number of carbonyl (C=O) groups excluding carboxylic acids is 3. The van der Waals surface area contributed by atoms with Crippen molar-refractivity contribution >= 4 is 23.7 Å². The topological polar surface area (TPSA) is 93.7 Å². The number of anilines is 1. The van der Waals surface area contributed by atoms with Gasteiger partial charge in [-0.15, -0.1) is 0 Å². The lowest BCUT2D eigenvalue weighted by Gasteiger charge is -2.56. The molecule has 0 radical (unpaired) electrons. The molecule has 4 saturated carbocycles. The van der Waals surface area contributed by atoms with Crippen LogP contribution in [-0.2, 0) is 14.3 Å². The molecule has 1 aromatic carbocycles. The van der Waals surface area contributed by atoms with E-state index in [2.05, 4.69) is 10.6 Å². The molecule has 0 saturated heterocycles. The second-order valence-corrected chi connectivity index (χ2v) is 10.5. The van der Waals surface area contributed by atoms with E-state index < -0.39 is 17.7 Å². The largest absolute Gasteiger partial charge is 0.452 e. The van der Waals surface area contributed by atoms with E-state index >= 15 is 0 Å². The maximum atomic E-state index is 12.5. The van der Waals surface area contributed by atoms with Gasteiger partial charge in [0.2, 0.25) is 0 Å². The fourth-order valence-electron chi connectivity index (χ4n) is 5.96. The molecule has 0 spiro atoms. The molecule has 4 aliphatic rings. The molecule has 7 heteroatoms. The van der Waals surface area contributed by atoms with Gasteiger partial charge in [-0.05, 0) is 95.2 Å². The SMILES string of the molecule is CC(C)(C)OC(=O)Nc1cccc(C(=O)OCC(=O)NC23CC4CC(CC(C4)C2)C3)c1. The Morgan fingerprint density at radius 2 is 1.65 bits per heavy atom. The van der Waals surface area contributed by atoms with Crippen molar-refractivity contribution in [2.45, 2.75) is 70.4 Å². The van der Waals surface area contributed by atoms with Crippen molar-refractivity contribution in [2.24, 2.45) is 17.8 Å². The lowest BCUT2D eigenvalue weighted by atomic mass is 9.53. The van der Waals surface area contributed by atoms with Gasteiger partial charge in [-0.25, -0.2) is 9.59 Å². The molecule has 4 aliphatic carbocycles. The molecule has 4 bridgehead atoms. The highest BCUT2D eigenvalue weighted by molar-refractivity contribution is 5.94. The van der Waals surface area contributed by atoms with Gasteiger partial charge in [0.15, 0.2) is 6.61 Å². The molecule has 0 heterocycles. The molecule has 31 heavy (non-hydrogen) atoms. The Hall–Kier alpha value is -2.57. The highest BCUT2D eigenvalue weighted by atomic mass is 16.6. The number of rotatable bonds is 5. The summed E-state index contributed by atoms with van der Waals surface area (Å²) in [4.78, 5) is 36.9. The maximum absolute atomic E-state index is 12.5. The van der Waals surface area contributed by atoms with E-state index in [1.165, 1.54) is 25.3 Å². The lowest BCUT2D eigenvalue weighted by molar-refractivity contribution is -0.130. The fraction of sp³-hybridized carbons (Fsp3) is 0.625. The smallest absolute Gasteiger partial charge is 0.412 e. The third-order valence-electron chi connectivity index (χ3n) is 6.52. The molecular formula is C24H32N2O5. The number of carbonyl (C=O) groups is 3. The van der Waals surface area contributed by atoms with Gasteiger partial charge >= 0.3 is 12.1 Å². The maximum Gasteiger partial charge on any atom is 0.412 e. The van der Waals surface area contributed by atoms with Crippen molar-refractivity contribution in [3.63, 3.8) is 0 Å². The molecule has 1 aromatic rings. The third kappa shape index (κ3) is 5.38. The Balaban J connectivity index is 1.29. The number of nitrogens with one attached hydrogen (secondary N) is 2. The molecule has 0 atom stereocenters. The van der Waals surface area contributed by atoms with Crippen LogP contribution >= 0.6 is 0 Å². The zero-order valence-corrected chi connectivity index (χ0v) is 18.5. The average Bonchev–Trinajstić information content (AvgIpc) is 2.63. The Morgan fingerprint density at radius 3 is 2.23 bits per heavy atom. The molecule has 4 fully saturated rings. The van der Waals surface area contributed by atoms with Crippen molar-refractivity contribution in [1.29, 1.82) is 0 Å². The highest BCUT2D eigenvalue weighted by Gasteiger charge is 2.51. The average molecular weight is 429 g/mol. The Morgan fingerprint density at radius 1 is 1.03 bits per heavy atom. The summed E-state index contributed by atoms with van der Waals surface area (Å²) in [7, 11) is 0. The van der Waals surface area contributed by atoms with E-state index in [4.69, 9.17) is 9.47 Å². The minimum Gasteiger partial charge on any atom is -0.452 e. The zero-order chi connectivity index (χ0) is 22.2. The first kappa shape index (κ1) is 21.7. The summed E-state index contributed by atoms with van der Waals surface area (Å²) < 4.78 is 10.5. The van der Waals surface area contributed by atoms with Crippen LogP contribution in [0.15, 0.2) is 24.3 Å². The molecule has 0 aromatic heterocycles. The van der Waals surface area contributed by atoms with Crippen LogP contribution < -0.4 is 10.6 Å². The lowest BCUT2D eigenvalue weighted by Crippen LogP contribution is -2.60. The summed E-state index contributed by atoms with van der Waals surface area (Å²) in [5, 5.41) is 5.80. The monoisotopic (exact) mass is 428 g/mol. The van der Waals surface area contributed by atoms with Crippen LogP contribution in [0.4, 0.5) is 10.5 Å². The molecule has 0 unspecified atom stereocenters. The molecule has 7 nitrogen and oxygen atoms in total. The van der Waals surface area contributed by atoms with Crippen LogP contribution in [0.1, 0.15) is 69.7 Å². The van der Waals surface area contributed by atoms with E-state index in [0.717, 1.165) is 37.0 Å². The molecule has 5 rings (SSSR count). The van der Waals surface area contributed by atoms with Crippen LogP contribution in [0.3, 0.4) is 0 Å². The van der Waals surface area contributed by atoms with E-state index in [0.29, 0.717) is 5.69 Å². The standard InChI is InChI=1S/C24H32N2O5/c1-23(2,3)31-22(29)25-19-6-4-5-18(10-19)21(28)30-14-20(27)26-24-11-15-7-16(12-24)9-17(8-15)13-24/h4-6,10,15-17H,7-9,11-14H2,1-3H3,(H,25,29)(H,26,27). The Bertz CT molecular complexity index is 838. The van der Waals surface area contributed by atoms with E-state index in [-0.39, 0.29) is 23.6 Å². The van der Waals surface area contributed by atoms with Crippen LogP contribution in [0.2, 0.25) is 0 Å². The number of hydrogen-bond donors (Lipinski definition) is 2. The summed E-state index contributed by atoms with van der Waals surface area (Å²) in [6, 6.07) is 6.38. The second kappa shape index (κ2) is 8.17. The summed E-state index contributed by atoms with van der Waals surface area (Å²) in [5.41, 5.74) is -0.0435. The van der Waals surface area contributed by atoms with Crippen molar-refractivity contribution in [2.75, 3.05) is 11.9 Å². The van der Waals surface area contributed by atoms with Gasteiger partial charge in [-0.2, -0.15) is 0 Å². The minimum absolute atomic E-state index is 0.102. The quantitative estimate of drug-likeness (QED) is 0.683. The van der Waals surface area contributed by atoms with Gasteiger partial charge in [0, 0.05) is 11.2 Å². The predicted molar refractivity (Wildman–Crippen MR) is 116 cm³/mol. The van der Waals surface area contributed by atoms with E-state index in [1.54, 1.807) is 39.0 Å². The predicted octanol–water partition coefficient (Wildman–Crippen LogP) is 4.28.